The van der Waals surface area contributed by atoms with Crippen LogP contribution in [0, 0.1) is 5.82 Å². The fraction of sp³-hybridized carbons (Fsp3) is 0.286. The van der Waals surface area contributed by atoms with Gasteiger partial charge in [-0.25, -0.2) is 4.39 Å². The summed E-state index contributed by atoms with van der Waals surface area (Å²) < 4.78 is 16.4. The number of hydrogen-bond donors (Lipinski definition) is 1. The van der Waals surface area contributed by atoms with Crippen LogP contribution in [0.4, 0.5) is 10.1 Å². The lowest BCUT2D eigenvalue weighted by atomic mass is 10.1. The lowest BCUT2D eigenvalue weighted by molar-refractivity contribution is -0.115. The minimum Gasteiger partial charge on any atom is -0.323 e. The van der Waals surface area contributed by atoms with Crippen LogP contribution in [0.25, 0.3) is 11.4 Å². The number of hydrogen-bond acceptors (Lipinski definition) is 3. The Hall–Kier alpha value is -2.44. The first-order valence-electron chi connectivity index (χ1n) is 9.47. The number of nitrogens with one attached hydrogen (secondary N) is 1. The van der Waals surface area contributed by atoms with E-state index in [1.54, 1.807) is 30.3 Å². The lowest BCUT2D eigenvalue weighted by Gasteiger charge is -2.11. The number of aromatic nitrogens is 3. The van der Waals surface area contributed by atoms with E-state index in [-0.39, 0.29) is 18.0 Å². The van der Waals surface area contributed by atoms with Gasteiger partial charge in [0.25, 0.3) is 0 Å². The number of fused-ring (bicyclic) bond motifs is 1. The zero-order valence-electron chi connectivity index (χ0n) is 15.6. The van der Waals surface area contributed by atoms with E-state index in [1.165, 1.54) is 6.07 Å². The maximum Gasteiger partial charge on any atom is 0.228 e. The molecular formula is C21H19Cl2FN4O. The van der Waals surface area contributed by atoms with Crippen LogP contribution in [0.2, 0.25) is 10.0 Å². The number of aryl methyl sites for hydroxylation is 1. The number of nitrogens with zero attached hydrogens (tertiary/aromatic N) is 3. The van der Waals surface area contributed by atoms with Crippen LogP contribution in [0.5, 0.6) is 0 Å². The van der Waals surface area contributed by atoms with Crippen molar-refractivity contribution >= 4 is 34.8 Å². The molecule has 1 aromatic heterocycles. The van der Waals surface area contributed by atoms with Gasteiger partial charge in [-0.15, -0.1) is 10.2 Å². The van der Waals surface area contributed by atoms with Crippen molar-refractivity contribution in [2.45, 2.75) is 38.6 Å². The van der Waals surface area contributed by atoms with Crippen molar-refractivity contribution in [2.75, 3.05) is 5.32 Å². The zero-order valence-corrected chi connectivity index (χ0v) is 17.1. The predicted molar refractivity (Wildman–Crippen MR) is 112 cm³/mol. The number of carbonyl (C=O) groups excluding carboxylic acids is 1. The van der Waals surface area contributed by atoms with Gasteiger partial charge >= 0.3 is 0 Å². The van der Waals surface area contributed by atoms with E-state index in [4.69, 9.17) is 23.2 Å². The van der Waals surface area contributed by atoms with Gasteiger partial charge in [-0.1, -0.05) is 35.7 Å². The first kappa shape index (κ1) is 19.9. The molecule has 8 heteroatoms. The number of carbonyl (C=O) groups is 1. The van der Waals surface area contributed by atoms with Gasteiger partial charge < -0.3 is 9.88 Å². The van der Waals surface area contributed by atoms with E-state index >= 15 is 0 Å². The molecule has 2 aromatic carbocycles. The fourth-order valence-electron chi connectivity index (χ4n) is 3.49. The molecule has 0 unspecified atom stereocenters. The maximum absolute atomic E-state index is 14.3. The van der Waals surface area contributed by atoms with Crippen molar-refractivity contribution < 1.29 is 9.18 Å². The Bertz CT molecular complexity index is 1070. The van der Waals surface area contributed by atoms with E-state index in [1.807, 2.05) is 0 Å². The summed E-state index contributed by atoms with van der Waals surface area (Å²) in [4.78, 5) is 12.4. The maximum atomic E-state index is 14.3. The summed E-state index contributed by atoms with van der Waals surface area (Å²) in [6.07, 6.45) is 4.21. The minimum absolute atomic E-state index is 0.0139. The van der Waals surface area contributed by atoms with Crippen LogP contribution in [0.15, 0.2) is 36.4 Å². The molecule has 0 aliphatic carbocycles. The highest BCUT2D eigenvalue weighted by Gasteiger charge is 2.18. The van der Waals surface area contributed by atoms with Crippen LogP contribution in [-0.4, -0.2) is 20.7 Å². The van der Waals surface area contributed by atoms with Gasteiger partial charge in [0.05, 0.1) is 12.1 Å². The van der Waals surface area contributed by atoms with E-state index < -0.39 is 5.82 Å². The molecule has 1 amide bonds. The Morgan fingerprint density at radius 2 is 1.97 bits per heavy atom. The van der Waals surface area contributed by atoms with Gasteiger partial charge in [0.15, 0.2) is 5.82 Å². The fourth-order valence-corrected chi connectivity index (χ4v) is 3.97. The Kier molecular flexibility index (Phi) is 5.83. The third-order valence-electron chi connectivity index (χ3n) is 4.97. The summed E-state index contributed by atoms with van der Waals surface area (Å²) in [5.74, 6) is 0.758. The third kappa shape index (κ3) is 4.43. The molecule has 0 spiro atoms. The van der Waals surface area contributed by atoms with Gasteiger partial charge in [-0.3, -0.25) is 4.79 Å². The Morgan fingerprint density at radius 3 is 2.79 bits per heavy atom. The minimum atomic E-state index is -0.514. The summed E-state index contributed by atoms with van der Waals surface area (Å²) in [6, 6.07) is 9.50. The summed E-state index contributed by atoms with van der Waals surface area (Å²) in [5.41, 5.74) is 1.43. The van der Waals surface area contributed by atoms with Crippen molar-refractivity contribution in [2.24, 2.45) is 0 Å². The predicted octanol–water partition coefficient (Wildman–Crippen LogP) is 5.30. The summed E-state index contributed by atoms with van der Waals surface area (Å²) in [6.45, 7) is 0.839. The van der Waals surface area contributed by atoms with E-state index in [2.05, 4.69) is 20.1 Å². The molecule has 2 heterocycles. The van der Waals surface area contributed by atoms with E-state index in [9.17, 15) is 9.18 Å². The summed E-state index contributed by atoms with van der Waals surface area (Å²) >= 11 is 12.0. The van der Waals surface area contributed by atoms with Crippen LogP contribution in [0.3, 0.4) is 0 Å². The lowest BCUT2D eigenvalue weighted by Crippen LogP contribution is -2.15. The normalized spacial score (nSPS) is 13.6. The van der Waals surface area contributed by atoms with E-state index in [0.717, 1.165) is 38.1 Å². The third-order valence-corrected chi connectivity index (χ3v) is 5.56. The van der Waals surface area contributed by atoms with Crippen molar-refractivity contribution in [1.29, 1.82) is 0 Å². The summed E-state index contributed by atoms with van der Waals surface area (Å²) in [5, 5.41) is 12.1. The quantitative estimate of drug-likeness (QED) is 0.608. The monoisotopic (exact) mass is 432 g/mol. The molecule has 0 saturated heterocycles. The van der Waals surface area contributed by atoms with Crippen molar-refractivity contribution in [3.63, 3.8) is 0 Å². The molecule has 1 aliphatic heterocycles. The molecular weight excluding hydrogens is 414 g/mol. The molecule has 29 heavy (non-hydrogen) atoms. The van der Waals surface area contributed by atoms with Gasteiger partial charge in [0.1, 0.15) is 11.6 Å². The molecule has 3 aromatic rings. The Morgan fingerprint density at radius 1 is 1.10 bits per heavy atom. The standard InChI is InChI=1S/C21H19Cl2FN4O/c22-15-7-5-13(16(23)12-15)11-20(29)25-18-10-14(6-8-17(18)24)21-27-26-19-4-2-1-3-9-28(19)21/h5-8,10,12H,1-4,9,11H2,(H,25,29). The van der Waals surface area contributed by atoms with Gasteiger partial charge in [0, 0.05) is 28.6 Å². The molecule has 0 saturated carbocycles. The second-order valence-corrected chi connectivity index (χ2v) is 7.90. The van der Waals surface area contributed by atoms with Crippen molar-refractivity contribution in [1.82, 2.24) is 14.8 Å². The molecule has 4 rings (SSSR count). The topological polar surface area (TPSA) is 59.8 Å². The Balaban J connectivity index is 1.56. The molecule has 1 N–H and O–H groups in total. The van der Waals surface area contributed by atoms with Gasteiger partial charge in [0.2, 0.25) is 5.91 Å². The zero-order chi connectivity index (χ0) is 20.4. The average Bonchev–Trinajstić information content (AvgIpc) is 2.94. The molecule has 0 bridgehead atoms. The molecule has 0 fully saturated rings. The molecule has 0 atom stereocenters. The van der Waals surface area contributed by atoms with E-state index in [0.29, 0.717) is 27.0 Å². The van der Waals surface area contributed by atoms with Crippen molar-refractivity contribution in [3.05, 3.63) is 63.6 Å². The number of benzene rings is 2. The van der Waals surface area contributed by atoms with Crippen LogP contribution in [0.1, 0.15) is 30.7 Å². The van der Waals surface area contributed by atoms with Crippen LogP contribution >= 0.6 is 23.2 Å². The summed E-state index contributed by atoms with van der Waals surface area (Å²) in [7, 11) is 0. The molecule has 5 nitrogen and oxygen atoms in total. The average molecular weight is 433 g/mol. The highest BCUT2D eigenvalue weighted by molar-refractivity contribution is 6.35. The van der Waals surface area contributed by atoms with Crippen LogP contribution < -0.4 is 5.32 Å². The molecule has 150 valence electrons. The number of rotatable bonds is 4. The first-order valence-corrected chi connectivity index (χ1v) is 10.2. The highest BCUT2D eigenvalue weighted by atomic mass is 35.5. The molecule has 1 aliphatic rings. The number of anilines is 1. The van der Waals surface area contributed by atoms with Crippen LogP contribution in [-0.2, 0) is 24.2 Å². The second-order valence-electron chi connectivity index (χ2n) is 7.06. The second kappa shape index (κ2) is 8.51. The number of halogens is 3. The van der Waals surface area contributed by atoms with Crippen molar-refractivity contribution in [3.8, 4) is 11.4 Å². The largest absolute Gasteiger partial charge is 0.323 e. The van der Waals surface area contributed by atoms with Gasteiger partial charge in [-0.05, 0) is 48.7 Å². The molecule has 0 radical (unpaired) electrons. The first-order chi connectivity index (χ1) is 14.0. The highest BCUT2D eigenvalue weighted by Crippen LogP contribution is 2.27. The smallest absolute Gasteiger partial charge is 0.228 e. The van der Waals surface area contributed by atoms with Gasteiger partial charge in [-0.2, -0.15) is 0 Å². The number of amides is 1. The SMILES string of the molecule is O=C(Cc1ccc(Cl)cc1Cl)Nc1cc(-c2nnc3n2CCCCC3)ccc1F. The Labute approximate surface area is 177 Å².